The molecule has 2 fully saturated rings. The topological polar surface area (TPSA) is 113 Å². The van der Waals surface area contributed by atoms with Crippen molar-refractivity contribution < 1.29 is 27.9 Å². The van der Waals surface area contributed by atoms with Crippen LogP contribution in [-0.2, 0) is 19.4 Å². The number of para-hydroxylation sites is 2. The number of anilines is 1. The highest BCUT2D eigenvalue weighted by Crippen LogP contribution is 2.43. The average molecular weight is 398 g/mol. The Kier molecular flexibility index (Phi) is 5.24. The molecule has 2 saturated heterocycles. The van der Waals surface area contributed by atoms with Crippen molar-refractivity contribution in [2.45, 2.75) is 24.1 Å². The number of carbonyl (C=O) groups excluding carboxylic acids is 1. The van der Waals surface area contributed by atoms with Crippen molar-refractivity contribution in [3.05, 3.63) is 24.3 Å². The number of hydrogen-bond acceptors (Lipinski definition) is 6. The number of aliphatic imine (C=N–C) groups is 1. The van der Waals surface area contributed by atoms with Crippen molar-refractivity contribution in [3.8, 4) is 5.75 Å². The summed E-state index contributed by atoms with van der Waals surface area (Å²) < 4.78 is 29.4. The molecule has 140 valence electrons. The lowest BCUT2D eigenvalue weighted by Gasteiger charge is -2.26. The third kappa shape index (κ3) is 3.85. The van der Waals surface area contributed by atoms with Crippen molar-refractivity contribution in [3.63, 3.8) is 0 Å². The molecule has 0 unspecified atom stereocenters. The van der Waals surface area contributed by atoms with Crippen LogP contribution in [0.4, 0.5) is 5.69 Å². The van der Waals surface area contributed by atoms with E-state index in [2.05, 4.69) is 4.99 Å². The number of carboxylic acids is 1. The molecule has 1 aromatic carbocycles. The molecule has 0 radical (unpaired) electrons. The summed E-state index contributed by atoms with van der Waals surface area (Å²) in [7, 11) is -1.65. The van der Waals surface area contributed by atoms with Crippen LogP contribution in [0.5, 0.6) is 5.75 Å². The highest BCUT2D eigenvalue weighted by molar-refractivity contribution is 8.16. The summed E-state index contributed by atoms with van der Waals surface area (Å²) in [5, 5.41) is 8.87. The Morgan fingerprint density at radius 3 is 2.73 bits per heavy atom. The van der Waals surface area contributed by atoms with E-state index in [0.717, 1.165) is 0 Å². The van der Waals surface area contributed by atoms with Crippen LogP contribution in [0.25, 0.3) is 0 Å². The van der Waals surface area contributed by atoms with E-state index in [9.17, 15) is 18.0 Å². The number of nitrogens with zero attached hydrogens (tertiary/aromatic N) is 2. The summed E-state index contributed by atoms with van der Waals surface area (Å²) in [6, 6.07) is 6.78. The molecule has 10 heteroatoms. The van der Waals surface area contributed by atoms with Gasteiger partial charge in [0.05, 0.1) is 36.8 Å². The normalized spacial score (nSPS) is 25.3. The number of sulfone groups is 1. The average Bonchev–Trinajstić information content (AvgIpc) is 3.03. The number of carbonyl (C=O) groups is 2. The van der Waals surface area contributed by atoms with E-state index < -0.39 is 21.7 Å². The quantitative estimate of drug-likeness (QED) is 0.786. The van der Waals surface area contributed by atoms with Gasteiger partial charge in [-0.15, -0.1) is 0 Å². The maximum atomic E-state index is 12.0. The van der Waals surface area contributed by atoms with Gasteiger partial charge in [-0.25, -0.2) is 8.42 Å². The summed E-state index contributed by atoms with van der Waals surface area (Å²) in [5.74, 6) is -1.06. The Labute approximate surface area is 155 Å². The molecule has 3 rings (SSSR count). The third-order valence-electron chi connectivity index (χ3n) is 4.18. The monoisotopic (exact) mass is 398 g/mol. The molecular weight excluding hydrogens is 380 g/mol. The second-order valence-electron chi connectivity index (χ2n) is 6.02. The lowest BCUT2D eigenvalue weighted by atomic mass is 10.2. The van der Waals surface area contributed by atoms with E-state index in [1.165, 1.54) is 18.9 Å². The van der Waals surface area contributed by atoms with Crippen molar-refractivity contribution in [2.75, 3.05) is 23.5 Å². The number of thioether (sulfide) groups is 1. The SMILES string of the molecule is COc1ccccc1N1C(=NC(=O)CCC(=O)O)S[C@@H]2CS(=O)(=O)C[C@@H]21. The molecule has 1 N–H and O–H groups in total. The molecule has 26 heavy (non-hydrogen) atoms. The van der Waals surface area contributed by atoms with Crippen LogP contribution in [0.15, 0.2) is 29.3 Å². The fourth-order valence-corrected chi connectivity index (χ4v) is 6.98. The Balaban J connectivity index is 1.96. The Hall–Kier alpha value is -2.07. The summed E-state index contributed by atoms with van der Waals surface area (Å²) in [6.07, 6.45) is -0.497. The van der Waals surface area contributed by atoms with E-state index in [0.29, 0.717) is 16.6 Å². The Morgan fingerprint density at radius 1 is 1.31 bits per heavy atom. The van der Waals surface area contributed by atoms with E-state index >= 15 is 0 Å². The van der Waals surface area contributed by atoms with E-state index in [4.69, 9.17) is 9.84 Å². The maximum Gasteiger partial charge on any atom is 0.303 e. The zero-order valence-electron chi connectivity index (χ0n) is 14.0. The molecule has 0 aromatic heterocycles. The number of benzene rings is 1. The van der Waals surface area contributed by atoms with Gasteiger partial charge >= 0.3 is 5.97 Å². The third-order valence-corrected chi connectivity index (χ3v) is 7.39. The minimum Gasteiger partial charge on any atom is -0.495 e. The smallest absolute Gasteiger partial charge is 0.303 e. The molecule has 0 saturated carbocycles. The highest BCUT2D eigenvalue weighted by Gasteiger charge is 2.49. The number of amidine groups is 1. The second kappa shape index (κ2) is 7.28. The predicted octanol–water partition coefficient (Wildman–Crippen LogP) is 1.16. The lowest BCUT2D eigenvalue weighted by molar-refractivity contribution is -0.138. The highest BCUT2D eigenvalue weighted by atomic mass is 32.2. The van der Waals surface area contributed by atoms with Gasteiger partial charge in [0.2, 0.25) is 5.91 Å². The van der Waals surface area contributed by atoms with Crippen LogP contribution in [0.1, 0.15) is 12.8 Å². The van der Waals surface area contributed by atoms with Crippen molar-refractivity contribution in [2.24, 2.45) is 4.99 Å². The Morgan fingerprint density at radius 2 is 2.04 bits per heavy atom. The molecule has 1 aromatic rings. The molecule has 2 aliphatic heterocycles. The van der Waals surface area contributed by atoms with Gasteiger partial charge in [0.15, 0.2) is 15.0 Å². The van der Waals surface area contributed by atoms with Crippen LogP contribution in [0, 0.1) is 0 Å². The molecule has 2 atom stereocenters. The molecule has 0 spiro atoms. The summed E-state index contributed by atoms with van der Waals surface area (Å²) in [6.45, 7) is 0. The molecule has 0 bridgehead atoms. The van der Waals surface area contributed by atoms with Gasteiger partial charge in [-0.05, 0) is 12.1 Å². The van der Waals surface area contributed by atoms with Gasteiger partial charge in [-0.2, -0.15) is 4.99 Å². The van der Waals surface area contributed by atoms with Crippen LogP contribution in [0.3, 0.4) is 0 Å². The van der Waals surface area contributed by atoms with Gasteiger partial charge < -0.3 is 14.7 Å². The minimum absolute atomic E-state index is 0.0228. The van der Waals surface area contributed by atoms with E-state index in [1.807, 2.05) is 0 Å². The molecule has 2 heterocycles. The van der Waals surface area contributed by atoms with Gasteiger partial charge in [-0.1, -0.05) is 23.9 Å². The van der Waals surface area contributed by atoms with Gasteiger partial charge in [0.1, 0.15) is 5.75 Å². The van der Waals surface area contributed by atoms with E-state index in [1.54, 1.807) is 29.2 Å². The second-order valence-corrected chi connectivity index (χ2v) is 9.38. The number of hydrogen-bond donors (Lipinski definition) is 1. The maximum absolute atomic E-state index is 12.0. The first kappa shape index (κ1) is 18.7. The lowest BCUT2D eigenvalue weighted by Crippen LogP contribution is -2.38. The largest absolute Gasteiger partial charge is 0.495 e. The van der Waals surface area contributed by atoms with Crippen molar-refractivity contribution in [1.82, 2.24) is 0 Å². The van der Waals surface area contributed by atoms with Gasteiger partial charge in [-0.3, -0.25) is 9.59 Å². The predicted molar refractivity (Wildman–Crippen MR) is 98.6 cm³/mol. The number of rotatable bonds is 5. The number of fused-ring (bicyclic) bond motifs is 1. The number of methoxy groups -OCH3 is 1. The number of carboxylic acid groups (broad SMARTS) is 1. The zero-order valence-corrected chi connectivity index (χ0v) is 15.6. The van der Waals surface area contributed by atoms with Crippen LogP contribution in [-0.4, -0.2) is 60.5 Å². The number of aliphatic carboxylic acids is 1. The summed E-state index contributed by atoms with van der Waals surface area (Å²) >= 11 is 1.24. The van der Waals surface area contributed by atoms with Gasteiger partial charge in [0, 0.05) is 11.7 Å². The number of amides is 1. The zero-order chi connectivity index (χ0) is 18.9. The van der Waals surface area contributed by atoms with Crippen LogP contribution < -0.4 is 9.64 Å². The first-order valence-electron chi connectivity index (χ1n) is 7.93. The molecule has 1 amide bonds. The summed E-state index contributed by atoms with van der Waals surface area (Å²) in [4.78, 5) is 28.5. The van der Waals surface area contributed by atoms with Crippen LogP contribution in [0.2, 0.25) is 0 Å². The Bertz CT molecular complexity index is 867. The van der Waals surface area contributed by atoms with Crippen molar-refractivity contribution in [1.29, 1.82) is 0 Å². The molecule has 8 nitrogen and oxygen atoms in total. The minimum atomic E-state index is -3.16. The van der Waals surface area contributed by atoms with Gasteiger partial charge in [0.25, 0.3) is 0 Å². The molecule has 2 aliphatic rings. The fourth-order valence-electron chi connectivity index (χ4n) is 3.05. The first-order valence-corrected chi connectivity index (χ1v) is 10.6. The molecular formula is C16H18N2O6S2. The fraction of sp³-hybridized carbons (Fsp3) is 0.438. The molecule has 0 aliphatic carbocycles. The summed E-state index contributed by atoms with van der Waals surface area (Å²) in [5.41, 5.74) is 0.636. The number of ether oxygens (including phenoxy) is 1. The standard InChI is InChI=1S/C16H18N2O6S2/c1-24-12-5-3-2-4-10(12)18-11-8-26(22,23)9-13(11)25-16(18)17-14(19)6-7-15(20)21/h2-5,11,13H,6-9H2,1H3,(H,20,21)/t11-,13+/m0/s1. The van der Waals surface area contributed by atoms with Crippen molar-refractivity contribution >= 4 is 44.3 Å². The first-order chi connectivity index (χ1) is 12.3. The van der Waals surface area contributed by atoms with E-state index in [-0.39, 0.29) is 35.6 Å². The van der Waals surface area contributed by atoms with Crippen LogP contribution >= 0.6 is 11.8 Å².